The Labute approximate surface area is 158 Å². The molecule has 0 spiro atoms. The number of carbonyl (C=O) groups excluding carboxylic acids is 1. The Balaban J connectivity index is 1.60. The summed E-state index contributed by atoms with van der Waals surface area (Å²) in [5.74, 6) is 0. The van der Waals surface area contributed by atoms with Crippen LogP contribution in [-0.2, 0) is 6.42 Å². The molecule has 0 bridgehead atoms. The number of urea groups is 1. The van der Waals surface area contributed by atoms with Crippen molar-refractivity contribution in [3.8, 4) is 0 Å². The zero-order valence-corrected chi connectivity index (χ0v) is 15.2. The van der Waals surface area contributed by atoms with Gasteiger partial charge in [0.1, 0.15) is 0 Å². The number of benzene rings is 2. The van der Waals surface area contributed by atoms with Crippen molar-refractivity contribution in [2.75, 3.05) is 19.6 Å². The summed E-state index contributed by atoms with van der Waals surface area (Å²) in [5, 5.41) is 8.62. The number of nitrogens with one attached hydrogen (secondary N) is 1. The number of nitrogens with two attached hydrogens (primary N) is 1. The number of rotatable bonds is 1. The van der Waals surface area contributed by atoms with Gasteiger partial charge in [0, 0.05) is 13.1 Å². The van der Waals surface area contributed by atoms with Gasteiger partial charge in [-0.15, -0.1) is 0 Å². The predicted molar refractivity (Wildman–Crippen MR) is 111 cm³/mol. The Kier molecular flexibility index (Phi) is 3.87. The van der Waals surface area contributed by atoms with Crippen molar-refractivity contribution in [3.63, 3.8) is 0 Å². The highest BCUT2D eigenvalue weighted by Crippen LogP contribution is 2.25. The number of nitrogens with zero attached hydrogens (tertiary/aromatic N) is 1. The highest BCUT2D eigenvalue weighted by Gasteiger charge is 2.27. The molecule has 4 nitrogen and oxygen atoms in total. The predicted octanol–water partition coefficient (Wildman–Crippen LogP) is 1.65. The number of amides is 2. The third-order valence-electron chi connectivity index (χ3n) is 5.96. The molecule has 1 saturated heterocycles. The van der Waals surface area contributed by atoms with E-state index >= 15 is 0 Å². The van der Waals surface area contributed by atoms with E-state index in [9.17, 15) is 4.79 Å². The molecule has 0 aromatic heterocycles. The molecule has 5 rings (SSSR count). The third-order valence-corrected chi connectivity index (χ3v) is 5.96. The highest BCUT2D eigenvalue weighted by atomic mass is 16.2. The van der Waals surface area contributed by atoms with Gasteiger partial charge in [0.25, 0.3) is 0 Å². The van der Waals surface area contributed by atoms with Crippen molar-refractivity contribution < 1.29 is 4.79 Å². The van der Waals surface area contributed by atoms with Crippen molar-refractivity contribution in [3.05, 3.63) is 63.6 Å². The van der Waals surface area contributed by atoms with E-state index in [4.69, 9.17) is 5.73 Å². The largest absolute Gasteiger partial charge is 0.351 e. The number of hydrogen-bond acceptors (Lipinski definition) is 2. The summed E-state index contributed by atoms with van der Waals surface area (Å²) in [6.45, 7) is 2.38. The first-order chi connectivity index (χ1) is 13.2. The van der Waals surface area contributed by atoms with Crippen molar-refractivity contribution in [2.45, 2.75) is 18.9 Å². The van der Waals surface area contributed by atoms with Crippen LogP contribution in [0.3, 0.4) is 0 Å². The zero-order chi connectivity index (χ0) is 18.4. The molecule has 3 aliphatic rings. The summed E-state index contributed by atoms with van der Waals surface area (Å²) in [6.07, 6.45) is 12.8. The van der Waals surface area contributed by atoms with Gasteiger partial charge in [-0.3, -0.25) is 0 Å². The lowest BCUT2D eigenvalue weighted by Crippen LogP contribution is -2.47. The molecular formula is C23H23N3O. The molecule has 2 aliphatic carbocycles. The maximum Gasteiger partial charge on any atom is 0.315 e. The van der Waals surface area contributed by atoms with E-state index in [0.29, 0.717) is 6.54 Å². The molecule has 0 saturated carbocycles. The van der Waals surface area contributed by atoms with Crippen molar-refractivity contribution >= 4 is 35.0 Å². The molecule has 3 N–H and O–H groups in total. The fourth-order valence-electron chi connectivity index (χ4n) is 4.60. The Bertz CT molecular complexity index is 1130. The van der Waals surface area contributed by atoms with Crippen LogP contribution in [0.25, 0.3) is 29.0 Å². The molecule has 4 heteroatoms. The Morgan fingerprint density at radius 1 is 1.15 bits per heavy atom. The van der Waals surface area contributed by atoms with Crippen LogP contribution in [0.2, 0.25) is 0 Å². The minimum atomic E-state index is -0.332. The zero-order valence-electron chi connectivity index (χ0n) is 15.2. The fourth-order valence-corrected chi connectivity index (χ4v) is 4.60. The molecular weight excluding hydrogens is 334 g/mol. The Morgan fingerprint density at radius 3 is 2.89 bits per heavy atom. The Morgan fingerprint density at radius 2 is 2.00 bits per heavy atom. The topological polar surface area (TPSA) is 58.4 Å². The van der Waals surface area contributed by atoms with Crippen LogP contribution >= 0.6 is 0 Å². The summed E-state index contributed by atoms with van der Waals surface area (Å²) < 4.78 is 0. The van der Waals surface area contributed by atoms with Crippen LogP contribution in [0.4, 0.5) is 4.79 Å². The van der Waals surface area contributed by atoms with Gasteiger partial charge in [-0.1, -0.05) is 48.6 Å². The first-order valence-corrected chi connectivity index (χ1v) is 9.64. The maximum atomic E-state index is 12.0. The van der Waals surface area contributed by atoms with Crippen LogP contribution in [0.1, 0.15) is 17.5 Å². The second kappa shape index (κ2) is 6.39. The van der Waals surface area contributed by atoms with Crippen LogP contribution in [0.5, 0.6) is 0 Å². The van der Waals surface area contributed by atoms with Crippen LogP contribution < -0.4 is 21.5 Å². The number of hydrogen-bond donors (Lipinski definition) is 2. The lowest BCUT2D eigenvalue weighted by atomic mass is 9.90. The summed E-state index contributed by atoms with van der Waals surface area (Å²) in [5.41, 5.74) is 9.53. The van der Waals surface area contributed by atoms with Gasteiger partial charge in [-0.2, -0.15) is 0 Å². The number of primary amides is 1. The van der Waals surface area contributed by atoms with E-state index in [1.807, 2.05) is 4.90 Å². The summed E-state index contributed by atoms with van der Waals surface area (Å²) in [6, 6.07) is 8.57. The smallest absolute Gasteiger partial charge is 0.315 e. The van der Waals surface area contributed by atoms with E-state index in [2.05, 4.69) is 60.0 Å². The molecule has 1 aliphatic heterocycles. The van der Waals surface area contributed by atoms with E-state index in [-0.39, 0.29) is 12.1 Å². The number of allylic oxidation sites excluding steroid dienone is 2. The molecule has 1 heterocycles. The lowest BCUT2D eigenvalue weighted by Gasteiger charge is -2.30. The summed E-state index contributed by atoms with van der Waals surface area (Å²) in [7, 11) is 0. The van der Waals surface area contributed by atoms with E-state index in [1.165, 1.54) is 37.9 Å². The van der Waals surface area contributed by atoms with E-state index < -0.39 is 0 Å². The van der Waals surface area contributed by atoms with Gasteiger partial charge in [-0.25, -0.2) is 4.79 Å². The van der Waals surface area contributed by atoms with Crippen LogP contribution in [-0.4, -0.2) is 36.6 Å². The molecule has 1 fully saturated rings. The average molecular weight is 357 g/mol. The van der Waals surface area contributed by atoms with Gasteiger partial charge in [-0.05, 0) is 63.4 Å². The fraction of sp³-hybridized carbons (Fsp3) is 0.261. The second-order valence-electron chi connectivity index (χ2n) is 7.48. The molecule has 1 unspecified atom stereocenters. The van der Waals surface area contributed by atoms with E-state index in [0.717, 1.165) is 25.9 Å². The molecule has 2 amide bonds. The molecule has 27 heavy (non-hydrogen) atoms. The molecule has 2 aromatic rings. The maximum absolute atomic E-state index is 12.0. The van der Waals surface area contributed by atoms with Crippen molar-refractivity contribution in [1.82, 2.24) is 10.2 Å². The monoisotopic (exact) mass is 357 g/mol. The first-order valence-electron chi connectivity index (χ1n) is 9.64. The SMILES string of the molecule is NC(=O)N1CCCNCC1C1=CCc2c(ccc3c4c(ccc23)=CC=C4)=C1. The first kappa shape index (κ1) is 16.3. The van der Waals surface area contributed by atoms with Gasteiger partial charge < -0.3 is 16.0 Å². The summed E-state index contributed by atoms with van der Waals surface area (Å²) in [4.78, 5) is 13.8. The summed E-state index contributed by atoms with van der Waals surface area (Å²) >= 11 is 0. The van der Waals surface area contributed by atoms with E-state index in [1.54, 1.807) is 0 Å². The normalized spacial score (nSPS) is 21.0. The van der Waals surface area contributed by atoms with Crippen LogP contribution in [0, 0.1) is 0 Å². The van der Waals surface area contributed by atoms with Crippen molar-refractivity contribution in [2.24, 2.45) is 5.73 Å². The van der Waals surface area contributed by atoms with Gasteiger partial charge in [0.2, 0.25) is 0 Å². The quantitative estimate of drug-likeness (QED) is 0.815. The molecule has 0 radical (unpaired) electrons. The minimum Gasteiger partial charge on any atom is -0.351 e. The average Bonchev–Trinajstić information content (AvgIpc) is 3.03. The van der Waals surface area contributed by atoms with Gasteiger partial charge >= 0.3 is 6.03 Å². The Hall–Kier alpha value is -2.85. The number of carbonyl (C=O) groups is 1. The second-order valence-corrected chi connectivity index (χ2v) is 7.48. The standard InChI is InChI=1S/C23H23N3O/c24-23(27)26-12-2-11-25-14-22(26)17-7-8-19-16(13-17)6-10-20-18-4-1-3-15(18)5-9-21(19)20/h1,3-7,9-10,13,22,25H,2,8,11-12,14H2,(H2,24,27). The molecule has 2 aromatic carbocycles. The minimum absolute atomic E-state index is 0.00593. The third kappa shape index (κ3) is 2.68. The highest BCUT2D eigenvalue weighted by molar-refractivity contribution is 5.96. The van der Waals surface area contributed by atoms with Crippen molar-refractivity contribution in [1.29, 1.82) is 0 Å². The molecule has 1 atom stereocenters. The number of fused-ring (bicyclic) bond motifs is 5. The molecule has 136 valence electrons. The van der Waals surface area contributed by atoms with Gasteiger partial charge in [0.15, 0.2) is 0 Å². The lowest BCUT2D eigenvalue weighted by molar-refractivity contribution is 0.198. The van der Waals surface area contributed by atoms with Gasteiger partial charge in [0.05, 0.1) is 6.04 Å². The van der Waals surface area contributed by atoms with Crippen LogP contribution in [0.15, 0.2) is 42.0 Å².